The topological polar surface area (TPSA) is 50.2 Å². The zero-order valence-corrected chi connectivity index (χ0v) is 11.4. The van der Waals surface area contributed by atoms with E-state index in [0.29, 0.717) is 22.0 Å². The number of aromatic nitrogens is 1. The molecule has 0 amide bonds. The SMILES string of the molecule is CCc1nc(Cc2ccc(Cl)cc2)c(C(=O)O)s1. The van der Waals surface area contributed by atoms with E-state index in [1.54, 1.807) is 12.1 Å². The molecular formula is C13H12ClNO2S. The Morgan fingerprint density at radius 3 is 2.61 bits per heavy atom. The van der Waals surface area contributed by atoms with Crippen LogP contribution in [0, 0.1) is 0 Å². The number of benzene rings is 1. The standard InChI is InChI=1S/C13H12ClNO2S/c1-2-11-15-10(12(18-11)13(16)17)7-8-3-5-9(14)6-4-8/h3-6H,2,7H2,1H3,(H,16,17). The van der Waals surface area contributed by atoms with Gasteiger partial charge < -0.3 is 5.11 Å². The molecule has 2 rings (SSSR count). The van der Waals surface area contributed by atoms with Crippen molar-refractivity contribution in [3.05, 3.63) is 50.4 Å². The smallest absolute Gasteiger partial charge is 0.347 e. The minimum absolute atomic E-state index is 0.335. The molecule has 0 aliphatic rings. The molecule has 0 atom stereocenters. The van der Waals surface area contributed by atoms with Gasteiger partial charge in [0.25, 0.3) is 0 Å². The number of carboxylic acid groups (broad SMARTS) is 1. The molecular weight excluding hydrogens is 270 g/mol. The van der Waals surface area contributed by atoms with Crippen molar-refractivity contribution < 1.29 is 9.90 Å². The van der Waals surface area contributed by atoms with E-state index >= 15 is 0 Å². The third-order valence-electron chi connectivity index (χ3n) is 2.52. The molecule has 5 heteroatoms. The van der Waals surface area contributed by atoms with E-state index in [-0.39, 0.29) is 0 Å². The van der Waals surface area contributed by atoms with Crippen molar-refractivity contribution >= 4 is 28.9 Å². The number of hydrogen-bond donors (Lipinski definition) is 1. The van der Waals surface area contributed by atoms with E-state index < -0.39 is 5.97 Å². The summed E-state index contributed by atoms with van der Waals surface area (Å²) in [5, 5.41) is 10.7. The zero-order valence-electron chi connectivity index (χ0n) is 9.81. The number of rotatable bonds is 4. The molecule has 1 aromatic carbocycles. The summed E-state index contributed by atoms with van der Waals surface area (Å²) < 4.78 is 0. The molecule has 0 saturated carbocycles. The van der Waals surface area contributed by atoms with Gasteiger partial charge in [0.2, 0.25) is 0 Å². The van der Waals surface area contributed by atoms with Crippen molar-refractivity contribution in [2.75, 3.05) is 0 Å². The predicted octanol–water partition coefficient (Wildman–Crippen LogP) is 3.65. The summed E-state index contributed by atoms with van der Waals surface area (Å²) in [5.74, 6) is -0.906. The minimum atomic E-state index is -0.906. The third kappa shape index (κ3) is 2.89. The third-order valence-corrected chi connectivity index (χ3v) is 4.01. The summed E-state index contributed by atoms with van der Waals surface area (Å²) in [6, 6.07) is 7.37. The lowest BCUT2D eigenvalue weighted by Crippen LogP contribution is -1.99. The van der Waals surface area contributed by atoms with Crippen LogP contribution in [0.3, 0.4) is 0 Å². The van der Waals surface area contributed by atoms with E-state index in [1.165, 1.54) is 11.3 Å². The molecule has 1 N–H and O–H groups in total. The van der Waals surface area contributed by atoms with Gasteiger partial charge in [0.05, 0.1) is 10.7 Å². The molecule has 18 heavy (non-hydrogen) atoms. The number of aryl methyl sites for hydroxylation is 1. The van der Waals surface area contributed by atoms with Crippen LogP contribution in [-0.4, -0.2) is 16.1 Å². The highest BCUT2D eigenvalue weighted by atomic mass is 35.5. The molecule has 0 aliphatic carbocycles. The maximum Gasteiger partial charge on any atom is 0.347 e. The molecule has 0 radical (unpaired) electrons. The van der Waals surface area contributed by atoms with Gasteiger partial charge in [0.1, 0.15) is 4.88 Å². The van der Waals surface area contributed by atoms with E-state index in [9.17, 15) is 4.79 Å². The highest BCUT2D eigenvalue weighted by molar-refractivity contribution is 7.13. The molecule has 1 aromatic heterocycles. The first kappa shape index (κ1) is 13.1. The maximum atomic E-state index is 11.1. The Morgan fingerprint density at radius 2 is 2.06 bits per heavy atom. The lowest BCUT2D eigenvalue weighted by atomic mass is 10.1. The number of aromatic carboxylic acids is 1. The molecule has 0 saturated heterocycles. The Kier molecular flexibility index (Phi) is 3.99. The van der Waals surface area contributed by atoms with Gasteiger partial charge in [-0.15, -0.1) is 11.3 Å². The van der Waals surface area contributed by atoms with Crippen molar-refractivity contribution in [3.8, 4) is 0 Å². The van der Waals surface area contributed by atoms with Gasteiger partial charge in [-0.2, -0.15) is 0 Å². The second-order valence-electron chi connectivity index (χ2n) is 3.85. The number of carboxylic acids is 1. The molecule has 3 nitrogen and oxygen atoms in total. The maximum absolute atomic E-state index is 11.1. The van der Waals surface area contributed by atoms with Crippen LogP contribution in [0.5, 0.6) is 0 Å². The number of hydrogen-bond acceptors (Lipinski definition) is 3. The molecule has 0 aliphatic heterocycles. The normalized spacial score (nSPS) is 10.6. The first-order valence-electron chi connectivity index (χ1n) is 5.56. The first-order chi connectivity index (χ1) is 8.60. The van der Waals surface area contributed by atoms with Gasteiger partial charge in [-0.1, -0.05) is 30.7 Å². The van der Waals surface area contributed by atoms with Gasteiger partial charge >= 0.3 is 5.97 Å². The molecule has 0 bridgehead atoms. The van der Waals surface area contributed by atoms with Crippen LogP contribution in [0.15, 0.2) is 24.3 Å². The van der Waals surface area contributed by atoms with Gasteiger partial charge in [-0.3, -0.25) is 0 Å². The van der Waals surface area contributed by atoms with Crippen LogP contribution in [0.1, 0.15) is 32.9 Å². The Labute approximate surface area is 114 Å². The van der Waals surface area contributed by atoms with Crippen LogP contribution >= 0.6 is 22.9 Å². The van der Waals surface area contributed by atoms with Crippen LogP contribution in [0.4, 0.5) is 0 Å². The average Bonchev–Trinajstić information content (AvgIpc) is 2.75. The number of thiazole rings is 1. The zero-order chi connectivity index (χ0) is 13.1. The fraction of sp³-hybridized carbons (Fsp3) is 0.231. The van der Waals surface area contributed by atoms with Crippen LogP contribution in [0.25, 0.3) is 0 Å². The molecule has 1 heterocycles. The van der Waals surface area contributed by atoms with Gasteiger partial charge in [0.15, 0.2) is 0 Å². The average molecular weight is 282 g/mol. The Morgan fingerprint density at radius 1 is 1.39 bits per heavy atom. The fourth-order valence-electron chi connectivity index (χ4n) is 1.63. The van der Waals surface area contributed by atoms with Gasteiger partial charge in [0, 0.05) is 11.4 Å². The van der Waals surface area contributed by atoms with E-state index in [1.807, 2.05) is 19.1 Å². The largest absolute Gasteiger partial charge is 0.477 e. The Balaban J connectivity index is 2.30. The Bertz CT molecular complexity index is 563. The fourth-order valence-corrected chi connectivity index (χ4v) is 2.62. The van der Waals surface area contributed by atoms with E-state index in [2.05, 4.69) is 4.98 Å². The van der Waals surface area contributed by atoms with Crippen molar-refractivity contribution in [2.45, 2.75) is 19.8 Å². The number of nitrogens with zero attached hydrogens (tertiary/aromatic N) is 1. The molecule has 0 spiro atoms. The highest BCUT2D eigenvalue weighted by Crippen LogP contribution is 2.22. The minimum Gasteiger partial charge on any atom is -0.477 e. The molecule has 94 valence electrons. The van der Waals surface area contributed by atoms with Gasteiger partial charge in [-0.25, -0.2) is 9.78 Å². The summed E-state index contributed by atoms with van der Waals surface area (Å²) in [6.07, 6.45) is 1.28. The molecule has 0 unspecified atom stereocenters. The van der Waals surface area contributed by atoms with Crippen LogP contribution in [-0.2, 0) is 12.8 Å². The predicted molar refractivity (Wildman–Crippen MR) is 72.7 cm³/mol. The number of carbonyl (C=O) groups is 1. The summed E-state index contributed by atoms with van der Waals surface area (Å²) >= 11 is 7.07. The summed E-state index contributed by atoms with van der Waals surface area (Å²) in [4.78, 5) is 15.9. The molecule has 2 aromatic rings. The highest BCUT2D eigenvalue weighted by Gasteiger charge is 2.16. The monoisotopic (exact) mass is 281 g/mol. The summed E-state index contributed by atoms with van der Waals surface area (Å²) in [6.45, 7) is 1.97. The second-order valence-corrected chi connectivity index (χ2v) is 5.37. The first-order valence-corrected chi connectivity index (χ1v) is 6.76. The Hall–Kier alpha value is -1.39. The van der Waals surface area contributed by atoms with Crippen molar-refractivity contribution in [2.24, 2.45) is 0 Å². The van der Waals surface area contributed by atoms with Crippen LogP contribution in [0.2, 0.25) is 5.02 Å². The van der Waals surface area contributed by atoms with Crippen molar-refractivity contribution in [1.82, 2.24) is 4.98 Å². The van der Waals surface area contributed by atoms with Crippen molar-refractivity contribution in [3.63, 3.8) is 0 Å². The summed E-state index contributed by atoms with van der Waals surface area (Å²) in [5.41, 5.74) is 1.64. The number of halogens is 1. The van der Waals surface area contributed by atoms with E-state index in [0.717, 1.165) is 17.0 Å². The second kappa shape index (κ2) is 5.50. The van der Waals surface area contributed by atoms with Crippen molar-refractivity contribution in [1.29, 1.82) is 0 Å². The van der Waals surface area contributed by atoms with E-state index in [4.69, 9.17) is 16.7 Å². The quantitative estimate of drug-likeness (QED) is 0.931. The lowest BCUT2D eigenvalue weighted by molar-refractivity contribution is 0.0701. The lowest BCUT2D eigenvalue weighted by Gasteiger charge is -2.00. The van der Waals surface area contributed by atoms with Crippen LogP contribution < -0.4 is 0 Å². The molecule has 0 fully saturated rings. The van der Waals surface area contributed by atoms with Gasteiger partial charge in [-0.05, 0) is 24.1 Å². The summed E-state index contributed by atoms with van der Waals surface area (Å²) in [7, 11) is 0.